The highest BCUT2D eigenvalue weighted by Crippen LogP contribution is 2.25. The second kappa shape index (κ2) is 5.42. The molecule has 0 fully saturated rings. The van der Waals surface area contributed by atoms with Crippen LogP contribution in [0.2, 0.25) is 5.02 Å². The Kier molecular flexibility index (Phi) is 3.90. The third kappa shape index (κ3) is 2.66. The standard InChI is InChI=1S/C15H16ClNO/c1-10-3-4-12(9-14(10)16)15(17)11-5-7-13(18-2)8-6-11/h3-9,15H,17H2,1-2H3. The summed E-state index contributed by atoms with van der Waals surface area (Å²) in [6.07, 6.45) is 0. The Labute approximate surface area is 112 Å². The monoisotopic (exact) mass is 261 g/mol. The Morgan fingerprint density at radius 3 is 2.22 bits per heavy atom. The Hall–Kier alpha value is -1.51. The summed E-state index contributed by atoms with van der Waals surface area (Å²) in [4.78, 5) is 0. The highest BCUT2D eigenvalue weighted by atomic mass is 35.5. The predicted molar refractivity (Wildman–Crippen MR) is 75.2 cm³/mol. The van der Waals surface area contributed by atoms with Crippen LogP contribution in [0, 0.1) is 6.92 Å². The van der Waals surface area contributed by atoms with Crippen LogP contribution in [0.4, 0.5) is 0 Å². The zero-order valence-corrected chi connectivity index (χ0v) is 11.2. The molecular weight excluding hydrogens is 246 g/mol. The van der Waals surface area contributed by atoms with Crippen molar-refractivity contribution < 1.29 is 4.74 Å². The summed E-state index contributed by atoms with van der Waals surface area (Å²) in [6.45, 7) is 1.98. The van der Waals surface area contributed by atoms with Crippen molar-refractivity contribution in [3.8, 4) is 5.75 Å². The van der Waals surface area contributed by atoms with Crippen LogP contribution in [0.3, 0.4) is 0 Å². The molecule has 2 rings (SSSR count). The largest absolute Gasteiger partial charge is 0.497 e. The Balaban J connectivity index is 2.28. The van der Waals surface area contributed by atoms with Gasteiger partial charge in [0.15, 0.2) is 0 Å². The molecule has 2 N–H and O–H groups in total. The van der Waals surface area contributed by atoms with Gasteiger partial charge in [0.25, 0.3) is 0 Å². The van der Waals surface area contributed by atoms with Gasteiger partial charge in [-0.2, -0.15) is 0 Å². The van der Waals surface area contributed by atoms with E-state index >= 15 is 0 Å². The maximum Gasteiger partial charge on any atom is 0.118 e. The number of hydrogen-bond donors (Lipinski definition) is 1. The summed E-state index contributed by atoms with van der Waals surface area (Å²) in [5.41, 5.74) is 9.33. The van der Waals surface area contributed by atoms with Gasteiger partial charge in [0.05, 0.1) is 13.2 Å². The first kappa shape index (κ1) is 12.9. The summed E-state index contributed by atoms with van der Waals surface area (Å²) < 4.78 is 5.13. The van der Waals surface area contributed by atoms with Crippen LogP contribution in [-0.2, 0) is 0 Å². The zero-order valence-electron chi connectivity index (χ0n) is 10.5. The van der Waals surface area contributed by atoms with Crippen LogP contribution < -0.4 is 10.5 Å². The number of aryl methyl sites for hydroxylation is 1. The van der Waals surface area contributed by atoms with Crippen LogP contribution in [0.1, 0.15) is 22.7 Å². The van der Waals surface area contributed by atoms with Crippen LogP contribution in [0.25, 0.3) is 0 Å². The SMILES string of the molecule is COc1ccc(C(N)c2ccc(C)c(Cl)c2)cc1. The Morgan fingerprint density at radius 2 is 1.67 bits per heavy atom. The van der Waals surface area contributed by atoms with E-state index in [2.05, 4.69) is 0 Å². The highest BCUT2D eigenvalue weighted by molar-refractivity contribution is 6.31. The molecular formula is C15H16ClNO. The average Bonchev–Trinajstić information content (AvgIpc) is 2.41. The van der Waals surface area contributed by atoms with E-state index < -0.39 is 0 Å². The van der Waals surface area contributed by atoms with Crippen molar-refractivity contribution in [1.82, 2.24) is 0 Å². The van der Waals surface area contributed by atoms with Gasteiger partial charge in [-0.15, -0.1) is 0 Å². The summed E-state index contributed by atoms with van der Waals surface area (Å²) in [7, 11) is 1.65. The number of hydrogen-bond acceptors (Lipinski definition) is 2. The lowest BCUT2D eigenvalue weighted by atomic mass is 9.99. The molecule has 0 aliphatic rings. The van der Waals surface area contributed by atoms with E-state index in [0.717, 1.165) is 27.5 Å². The van der Waals surface area contributed by atoms with Crippen molar-refractivity contribution >= 4 is 11.6 Å². The number of nitrogens with two attached hydrogens (primary N) is 1. The lowest BCUT2D eigenvalue weighted by molar-refractivity contribution is 0.414. The molecule has 2 aromatic rings. The minimum Gasteiger partial charge on any atom is -0.497 e. The van der Waals surface area contributed by atoms with Gasteiger partial charge >= 0.3 is 0 Å². The molecule has 0 radical (unpaired) electrons. The molecule has 1 unspecified atom stereocenters. The predicted octanol–water partition coefficient (Wildman–Crippen LogP) is 3.71. The highest BCUT2D eigenvalue weighted by Gasteiger charge is 2.10. The molecule has 0 aliphatic heterocycles. The molecule has 0 saturated heterocycles. The van der Waals surface area contributed by atoms with Gasteiger partial charge in [-0.3, -0.25) is 0 Å². The fourth-order valence-corrected chi connectivity index (χ4v) is 2.00. The van der Waals surface area contributed by atoms with Crippen molar-refractivity contribution in [2.75, 3.05) is 7.11 Å². The van der Waals surface area contributed by atoms with Crippen LogP contribution >= 0.6 is 11.6 Å². The molecule has 18 heavy (non-hydrogen) atoms. The zero-order chi connectivity index (χ0) is 13.1. The van der Waals surface area contributed by atoms with E-state index in [4.69, 9.17) is 22.1 Å². The first-order valence-electron chi connectivity index (χ1n) is 5.77. The van der Waals surface area contributed by atoms with E-state index in [1.165, 1.54) is 0 Å². The number of methoxy groups -OCH3 is 1. The topological polar surface area (TPSA) is 35.2 Å². The smallest absolute Gasteiger partial charge is 0.118 e. The van der Waals surface area contributed by atoms with Gasteiger partial charge in [0, 0.05) is 5.02 Å². The number of rotatable bonds is 3. The lowest BCUT2D eigenvalue weighted by Crippen LogP contribution is -2.11. The van der Waals surface area contributed by atoms with Gasteiger partial charge in [-0.25, -0.2) is 0 Å². The van der Waals surface area contributed by atoms with Crippen molar-refractivity contribution in [2.24, 2.45) is 5.73 Å². The molecule has 94 valence electrons. The van der Waals surface area contributed by atoms with Crippen LogP contribution in [0.5, 0.6) is 5.75 Å². The van der Waals surface area contributed by atoms with Gasteiger partial charge in [0.2, 0.25) is 0 Å². The molecule has 3 heteroatoms. The van der Waals surface area contributed by atoms with Crippen molar-refractivity contribution in [3.05, 3.63) is 64.2 Å². The summed E-state index contributed by atoms with van der Waals surface area (Å²) in [5.74, 6) is 0.827. The summed E-state index contributed by atoms with van der Waals surface area (Å²) in [6, 6.07) is 13.5. The number of halogens is 1. The molecule has 0 heterocycles. The normalized spacial score (nSPS) is 12.2. The van der Waals surface area contributed by atoms with Gasteiger partial charge in [0.1, 0.15) is 5.75 Å². The number of benzene rings is 2. The molecule has 0 bridgehead atoms. The van der Waals surface area contributed by atoms with Crippen LogP contribution in [0.15, 0.2) is 42.5 Å². The Morgan fingerprint density at radius 1 is 1.06 bits per heavy atom. The fourth-order valence-electron chi connectivity index (χ4n) is 1.81. The molecule has 0 saturated carbocycles. The minimum atomic E-state index is -0.172. The number of ether oxygens (including phenoxy) is 1. The molecule has 2 nitrogen and oxygen atoms in total. The van der Waals surface area contributed by atoms with E-state index in [1.807, 2.05) is 49.4 Å². The summed E-state index contributed by atoms with van der Waals surface area (Å²) >= 11 is 6.12. The fraction of sp³-hybridized carbons (Fsp3) is 0.200. The quantitative estimate of drug-likeness (QED) is 0.914. The summed E-state index contributed by atoms with van der Waals surface area (Å²) in [5, 5.41) is 0.747. The molecule has 2 aromatic carbocycles. The van der Waals surface area contributed by atoms with E-state index in [1.54, 1.807) is 7.11 Å². The molecule has 1 atom stereocenters. The van der Waals surface area contributed by atoms with E-state index in [-0.39, 0.29) is 6.04 Å². The van der Waals surface area contributed by atoms with Crippen molar-refractivity contribution in [2.45, 2.75) is 13.0 Å². The maximum atomic E-state index is 6.23. The molecule has 0 spiro atoms. The second-order valence-corrected chi connectivity index (χ2v) is 4.67. The molecule has 0 amide bonds. The molecule has 0 aromatic heterocycles. The van der Waals surface area contributed by atoms with E-state index in [0.29, 0.717) is 0 Å². The van der Waals surface area contributed by atoms with Crippen LogP contribution in [-0.4, -0.2) is 7.11 Å². The molecule has 0 aliphatic carbocycles. The van der Waals surface area contributed by atoms with E-state index in [9.17, 15) is 0 Å². The van der Waals surface area contributed by atoms with Gasteiger partial charge in [-0.05, 0) is 41.8 Å². The minimum absolute atomic E-state index is 0.172. The Bertz CT molecular complexity index is 537. The second-order valence-electron chi connectivity index (χ2n) is 4.26. The third-order valence-electron chi connectivity index (χ3n) is 3.03. The van der Waals surface area contributed by atoms with Gasteiger partial charge in [-0.1, -0.05) is 35.9 Å². The van der Waals surface area contributed by atoms with Gasteiger partial charge < -0.3 is 10.5 Å². The first-order valence-corrected chi connectivity index (χ1v) is 6.15. The van der Waals surface area contributed by atoms with Crippen molar-refractivity contribution in [1.29, 1.82) is 0 Å². The lowest BCUT2D eigenvalue weighted by Gasteiger charge is -2.14. The maximum absolute atomic E-state index is 6.23. The van der Waals surface area contributed by atoms with Crippen molar-refractivity contribution in [3.63, 3.8) is 0 Å². The third-order valence-corrected chi connectivity index (χ3v) is 3.44. The average molecular weight is 262 g/mol. The first-order chi connectivity index (χ1) is 8.61.